The molecule has 2 aromatic carbocycles. The first-order chi connectivity index (χ1) is 13.4. The highest BCUT2D eigenvalue weighted by atomic mass is 32.2. The van der Waals surface area contributed by atoms with Crippen molar-refractivity contribution < 1.29 is 26.7 Å². The smallest absolute Gasteiger partial charge is 0.376 e. The van der Waals surface area contributed by atoms with Crippen LogP contribution in [0.3, 0.4) is 0 Å². The highest BCUT2D eigenvalue weighted by Crippen LogP contribution is 2.39. The molecule has 2 aromatic rings. The summed E-state index contributed by atoms with van der Waals surface area (Å²) in [7, 11) is -3.67. The standard InChI is InChI=1S/C19H21F3N2O3S2/c1-18(25,19(20,21)22)14-6-8-15(9-7-14)23-10-12-24(13-11-23)29(26,27)17-5-3-2-4-16(17)28/h2-9,25,28H,10-13H2,1H3/t18-/m1/s1. The zero-order valence-corrected chi connectivity index (χ0v) is 17.3. The number of sulfonamides is 1. The predicted octanol–water partition coefficient (Wildman–Crippen LogP) is 3.26. The average Bonchev–Trinajstić information content (AvgIpc) is 2.67. The van der Waals surface area contributed by atoms with Crippen LogP contribution in [0.25, 0.3) is 0 Å². The minimum absolute atomic E-state index is 0.149. The second kappa shape index (κ2) is 7.82. The molecule has 0 unspecified atom stereocenters. The third kappa shape index (κ3) is 4.25. The van der Waals surface area contributed by atoms with Crippen LogP contribution >= 0.6 is 12.6 Å². The van der Waals surface area contributed by atoms with Crippen molar-refractivity contribution in [2.75, 3.05) is 31.1 Å². The van der Waals surface area contributed by atoms with Crippen LogP contribution in [0.1, 0.15) is 12.5 Å². The maximum atomic E-state index is 13.0. The summed E-state index contributed by atoms with van der Waals surface area (Å²) in [6.45, 7) is 1.98. The fourth-order valence-electron chi connectivity index (χ4n) is 3.16. The number of hydrogen-bond acceptors (Lipinski definition) is 5. The maximum Gasteiger partial charge on any atom is 0.421 e. The van der Waals surface area contributed by atoms with Gasteiger partial charge in [0.25, 0.3) is 0 Å². The Bertz CT molecular complexity index is 969. The van der Waals surface area contributed by atoms with E-state index in [0.717, 1.165) is 0 Å². The summed E-state index contributed by atoms with van der Waals surface area (Å²) in [6.07, 6.45) is -4.78. The second-order valence-electron chi connectivity index (χ2n) is 6.98. The molecule has 0 radical (unpaired) electrons. The van der Waals surface area contributed by atoms with E-state index in [4.69, 9.17) is 0 Å². The van der Waals surface area contributed by atoms with Gasteiger partial charge in [0.15, 0.2) is 5.60 Å². The van der Waals surface area contributed by atoms with Crippen molar-refractivity contribution in [3.63, 3.8) is 0 Å². The Hall–Kier alpha value is -1.75. The molecule has 1 atom stereocenters. The topological polar surface area (TPSA) is 60.9 Å². The number of thiol groups is 1. The molecule has 1 heterocycles. The summed E-state index contributed by atoms with van der Waals surface area (Å²) < 4.78 is 65.9. The third-order valence-electron chi connectivity index (χ3n) is 5.07. The molecule has 1 aliphatic rings. The van der Waals surface area contributed by atoms with Gasteiger partial charge in [-0.3, -0.25) is 0 Å². The van der Waals surface area contributed by atoms with Crippen LogP contribution in [0.2, 0.25) is 0 Å². The monoisotopic (exact) mass is 446 g/mol. The predicted molar refractivity (Wildman–Crippen MR) is 107 cm³/mol. The number of aliphatic hydroxyl groups is 1. The van der Waals surface area contributed by atoms with Crippen molar-refractivity contribution in [3.8, 4) is 0 Å². The van der Waals surface area contributed by atoms with Crippen LogP contribution < -0.4 is 4.90 Å². The first kappa shape index (κ1) is 21.9. The Labute approximate surface area is 173 Å². The number of nitrogens with zero attached hydrogens (tertiary/aromatic N) is 2. The number of benzene rings is 2. The van der Waals surface area contributed by atoms with Gasteiger partial charge < -0.3 is 10.0 Å². The lowest BCUT2D eigenvalue weighted by Crippen LogP contribution is -2.48. The maximum absolute atomic E-state index is 13.0. The van der Waals surface area contributed by atoms with E-state index in [1.54, 1.807) is 18.2 Å². The summed E-state index contributed by atoms with van der Waals surface area (Å²) in [5, 5.41) is 9.76. The van der Waals surface area contributed by atoms with E-state index in [0.29, 0.717) is 30.6 Å². The molecule has 1 N–H and O–H groups in total. The quantitative estimate of drug-likeness (QED) is 0.708. The van der Waals surface area contributed by atoms with Gasteiger partial charge in [0, 0.05) is 36.8 Å². The van der Waals surface area contributed by atoms with E-state index in [1.807, 2.05) is 4.90 Å². The van der Waals surface area contributed by atoms with E-state index in [1.165, 1.54) is 34.6 Å². The van der Waals surface area contributed by atoms with Gasteiger partial charge >= 0.3 is 6.18 Å². The lowest BCUT2D eigenvalue weighted by Gasteiger charge is -2.36. The molecule has 1 aliphatic heterocycles. The Kier molecular flexibility index (Phi) is 5.92. The highest BCUT2D eigenvalue weighted by molar-refractivity contribution is 7.90. The van der Waals surface area contributed by atoms with E-state index in [9.17, 15) is 26.7 Å². The van der Waals surface area contributed by atoms with Crippen LogP contribution in [0.4, 0.5) is 18.9 Å². The molecule has 1 fully saturated rings. The van der Waals surface area contributed by atoms with Gasteiger partial charge in [0.2, 0.25) is 10.0 Å². The van der Waals surface area contributed by atoms with E-state index in [-0.39, 0.29) is 23.5 Å². The SMILES string of the molecule is C[C@@](O)(c1ccc(N2CCN(S(=O)(=O)c3ccccc3S)CC2)cc1)C(F)(F)F. The van der Waals surface area contributed by atoms with Gasteiger partial charge in [-0.2, -0.15) is 17.5 Å². The number of alkyl halides is 3. The van der Waals surface area contributed by atoms with Gasteiger partial charge in [-0.05, 0) is 36.8 Å². The molecule has 0 amide bonds. The third-order valence-corrected chi connectivity index (χ3v) is 7.57. The highest BCUT2D eigenvalue weighted by Gasteiger charge is 2.51. The zero-order valence-electron chi connectivity index (χ0n) is 15.6. The molecular formula is C19H21F3N2O3S2. The summed E-state index contributed by atoms with van der Waals surface area (Å²) >= 11 is 4.22. The summed E-state index contributed by atoms with van der Waals surface area (Å²) in [5.41, 5.74) is -2.52. The van der Waals surface area contributed by atoms with E-state index < -0.39 is 21.8 Å². The lowest BCUT2D eigenvalue weighted by atomic mass is 9.95. The summed E-state index contributed by atoms with van der Waals surface area (Å²) in [5.74, 6) is 0. The van der Waals surface area contributed by atoms with Crippen LogP contribution in [-0.2, 0) is 15.6 Å². The van der Waals surface area contributed by atoms with E-state index in [2.05, 4.69) is 12.6 Å². The van der Waals surface area contributed by atoms with Gasteiger partial charge in [-0.1, -0.05) is 24.3 Å². The van der Waals surface area contributed by atoms with Crippen molar-refractivity contribution in [3.05, 3.63) is 54.1 Å². The number of rotatable bonds is 4. The molecule has 158 valence electrons. The Morgan fingerprint density at radius 1 is 0.966 bits per heavy atom. The number of halogens is 3. The first-order valence-electron chi connectivity index (χ1n) is 8.87. The van der Waals surface area contributed by atoms with Gasteiger partial charge in [0.05, 0.1) is 4.90 Å². The van der Waals surface area contributed by atoms with Gasteiger partial charge in [0.1, 0.15) is 0 Å². The van der Waals surface area contributed by atoms with Gasteiger partial charge in [-0.15, -0.1) is 12.6 Å². The zero-order chi connectivity index (χ0) is 21.4. The number of anilines is 1. The van der Waals surface area contributed by atoms with Crippen LogP contribution in [0.5, 0.6) is 0 Å². The molecule has 0 bridgehead atoms. The van der Waals surface area contributed by atoms with Crippen molar-refractivity contribution in [1.29, 1.82) is 0 Å². The minimum Gasteiger partial charge on any atom is -0.376 e. The molecule has 3 rings (SSSR count). The fraction of sp³-hybridized carbons (Fsp3) is 0.368. The molecular weight excluding hydrogens is 425 g/mol. The molecule has 5 nitrogen and oxygen atoms in total. The van der Waals surface area contributed by atoms with Crippen LogP contribution in [0, 0.1) is 0 Å². The Morgan fingerprint density at radius 2 is 1.52 bits per heavy atom. The lowest BCUT2D eigenvalue weighted by molar-refractivity contribution is -0.258. The van der Waals surface area contributed by atoms with E-state index >= 15 is 0 Å². The number of piperazine rings is 1. The summed E-state index contributed by atoms with van der Waals surface area (Å²) in [4.78, 5) is 2.42. The average molecular weight is 447 g/mol. The fourth-order valence-corrected chi connectivity index (χ4v) is 5.17. The Balaban J connectivity index is 1.71. The minimum atomic E-state index is -4.78. The molecule has 10 heteroatoms. The normalized spacial score (nSPS) is 18.5. The Morgan fingerprint density at radius 3 is 2.03 bits per heavy atom. The second-order valence-corrected chi connectivity index (χ2v) is 9.36. The largest absolute Gasteiger partial charge is 0.421 e. The van der Waals surface area contributed by atoms with Crippen LogP contribution in [0.15, 0.2) is 58.3 Å². The molecule has 0 aromatic heterocycles. The van der Waals surface area contributed by atoms with Crippen molar-refractivity contribution in [2.24, 2.45) is 0 Å². The van der Waals surface area contributed by atoms with Crippen LogP contribution in [-0.4, -0.2) is 50.2 Å². The van der Waals surface area contributed by atoms with Crippen molar-refractivity contribution in [2.45, 2.75) is 28.5 Å². The van der Waals surface area contributed by atoms with Crippen molar-refractivity contribution in [1.82, 2.24) is 4.31 Å². The molecule has 1 saturated heterocycles. The molecule has 0 saturated carbocycles. The molecule has 0 aliphatic carbocycles. The summed E-state index contributed by atoms with van der Waals surface area (Å²) in [6, 6.07) is 12.0. The first-order valence-corrected chi connectivity index (χ1v) is 10.8. The number of hydrogen-bond donors (Lipinski definition) is 2. The van der Waals surface area contributed by atoms with Gasteiger partial charge in [-0.25, -0.2) is 8.42 Å². The molecule has 29 heavy (non-hydrogen) atoms. The van der Waals surface area contributed by atoms with Crippen molar-refractivity contribution >= 4 is 28.3 Å². The molecule has 0 spiro atoms.